The molecule has 142 valence electrons. The summed E-state index contributed by atoms with van der Waals surface area (Å²) >= 11 is 0. The highest BCUT2D eigenvalue weighted by molar-refractivity contribution is 6.00. The van der Waals surface area contributed by atoms with E-state index in [1.54, 1.807) is 12.0 Å². The van der Waals surface area contributed by atoms with Crippen LogP contribution in [0.25, 0.3) is 0 Å². The van der Waals surface area contributed by atoms with Gasteiger partial charge in [0, 0.05) is 25.2 Å². The Kier molecular flexibility index (Phi) is 5.79. The number of para-hydroxylation sites is 1. The molecule has 1 N–H and O–H groups in total. The molecule has 5 heteroatoms. The third-order valence-corrected chi connectivity index (χ3v) is 5.25. The lowest BCUT2D eigenvalue weighted by Crippen LogP contribution is -2.34. The summed E-state index contributed by atoms with van der Waals surface area (Å²) in [4.78, 5) is 26.7. The molecular weight excluding hydrogens is 340 g/mol. The predicted molar refractivity (Wildman–Crippen MR) is 106 cm³/mol. The number of rotatable bonds is 6. The first-order chi connectivity index (χ1) is 13.0. The number of hydrogen-bond donors (Lipinski definition) is 1. The Morgan fingerprint density at radius 1 is 1.19 bits per heavy atom. The van der Waals surface area contributed by atoms with Crippen molar-refractivity contribution in [3.8, 4) is 5.75 Å². The first-order valence-corrected chi connectivity index (χ1v) is 9.27. The van der Waals surface area contributed by atoms with E-state index in [-0.39, 0.29) is 24.2 Å². The van der Waals surface area contributed by atoms with Gasteiger partial charge >= 0.3 is 0 Å². The lowest BCUT2D eigenvalue weighted by molar-refractivity contribution is -0.126. The van der Waals surface area contributed by atoms with Crippen LogP contribution >= 0.6 is 0 Å². The second-order valence-corrected chi connectivity index (χ2v) is 6.98. The van der Waals surface area contributed by atoms with Crippen LogP contribution in [0.3, 0.4) is 0 Å². The fraction of sp³-hybridized carbons (Fsp3) is 0.364. The van der Waals surface area contributed by atoms with Crippen molar-refractivity contribution >= 4 is 17.5 Å². The van der Waals surface area contributed by atoms with E-state index in [9.17, 15) is 9.59 Å². The van der Waals surface area contributed by atoms with Crippen LogP contribution in [0.15, 0.2) is 42.5 Å². The first kappa shape index (κ1) is 19.0. The zero-order valence-electron chi connectivity index (χ0n) is 16.1. The molecule has 0 bridgehead atoms. The molecule has 1 aliphatic rings. The number of amides is 2. The van der Waals surface area contributed by atoms with Gasteiger partial charge in [0.1, 0.15) is 5.75 Å². The van der Waals surface area contributed by atoms with Gasteiger partial charge in [-0.05, 0) is 49.1 Å². The van der Waals surface area contributed by atoms with Crippen LogP contribution in [-0.2, 0) is 16.0 Å². The van der Waals surface area contributed by atoms with E-state index in [4.69, 9.17) is 4.74 Å². The molecular formula is C22H26N2O3. The van der Waals surface area contributed by atoms with Gasteiger partial charge in [-0.2, -0.15) is 0 Å². The maximum absolute atomic E-state index is 12.5. The standard InChI is InChI=1S/C22H26N2O3/c1-15-7-6-9-19(16(15)2)24-14-18(13-21(24)25)22(26)23-12-11-17-8-4-5-10-20(17)27-3/h4-10,18H,11-14H2,1-3H3,(H,23,26). The summed E-state index contributed by atoms with van der Waals surface area (Å²) in [5.74, 6) is 0.457. The van der Waals surface area contributed by atoms with Crippen LogP contribution in [-0.4, -0.2) is 32.0 Å². The molecule has 1 aliphatic heterocycles. The van der Waals surface area contributed by atoms with E-state index >= 15 is 0 Å². The lowest BCUT2D eigenvalue weighted by Gasteiger charge is -2.20. The summed E-state index contributed by atoms with van der Waals surface area (Å²) < 4.78 is 5.34. The predicted octanol–water partition coefficient (Wildman–Crippen LogP) is 3.02. The number of benzene rings is 2. The monoisotopic (exact) mass is 366 g/mol. The SMILES string of the molecule is COc1ccccc1CCNC(=O)C1CC(=O)N(c2cccc(C)c2C)C1. The highest BCUT2D eigenvalue weighted by Crippen LogP contribution is 2.29. The Morgan fingerprint density at radius 2 is 1.96 bits per heavy atom. The van der Waals surface area contributed by atoms with Gasteiger partial charge in [0.05, 0.1) is 13.0 Å². The maximum Gasteiger partial charge on any atom is 0.227 e. The van der Waals surface area contributed by atoms with Crippen LogP contribution in [0.4, 0.5) is 5.69 Å². The molecule has 0 radical (unpaired) electrons. The Labute approximate surface area is 160 Å². The van der Waals surface area contributed by atoms with Gasteiger partial charge < -0.3 is 15.0 Å². The third-order valence-electron chi connectivity index (χ3n) is 5.25. The number of methoxy groups -OCH3 is 1. The Balaban J connectivity index is 1.58. The van der Waals surface area contributed by atoms with E-state index in [1.807, 2.05) is 56.3 Å². The van der Waals surface area contributed by atoms with Crippen molar-refractivity contribution in [1.29, 1.82) is 0 Å². The number of nitrogens with one attached hydrogen (secondary N) is 1. The van der Waals surface area contributed by atoms with Crippen molar-refractivity contribution in [2.75, 3.05) is 25.1 Å². The Morgan fingerprint density at radius 3 is 2.74 bits per heavy atom. The summed E-state index contributed by atoms with van der Waals surface area (Å²) in [6, 6.07) is 13.7. The molecule has 3 rings (SSSR count). The zero-order chi connectivity index (χ0) is 19.4. The summed E-state index contributed by atoms with van der Waals surface area (Å²) in [6.45, 7) is 5.00. The molecule has 2 amide bonds. The second kappa shape index (κ2) is 8.25. The highest BCUT2D eigenvalue weighted by Gasteiger charge is 2.35. The minimum atomic E-state index is -0.310. The number of carbonyl (C=O) groups excluding carboxylic acids is 2. The van der Waals surface area contributed by atoms with Crippen LogP contribution in [0, 0.1) is 19.8 Å². The largest absolute Gasteiger partial charge is 0.496 e. The normalized spacial score (nSPS) is 16.5. The van der Waals surface area contributed by atoms with E-state index in [2.05, 4.69) is 5.32 Å². The van der Waals surface area contributed by atoms with Crippen molar-refractivity contribution in [3.05, 3.63) is 59.2 Å². The number of carbonyl (C=O) groups is 2. The summed E-state index contributed by atoms with van der Waals surface area (Å²) in [5, 5.41) is 2.97. The number of aryl methyl sites for hydroxylation is 1. The average Bonchev–Trinajstić information content (AvgIpc) is 3.06. The fourth-order valence-corrected chi connectivity index (χ4v) is 3.52. The maximum atomic E-state index is 12.5. The van der Waals surface area contributed by atoms with Crippen LogP contribution < -0.4 is 15.0 Å². The molecule has 0 aromatic heterocycles. The van der Waals surface area contributed by atoms with Crippen molar-refractivity contribution < 1.29 is 14.3 Å². The molecule has 5 nitrogen and oxygen atoms in total. The van der Waals surface area contributed by atoms with Crippen LogP contribution in [0.5, 0.6) is 5.75 Å². The Hall–Kier alpha value is -2.82. The van der Waals surface area contributed by atoms with Crippen molar-refractivity contribution in [2.24, 2.45) is 5.92 Å². The lowest BCUT2D eigenvalue weighted by atomic mass is 10.1. The molecule has 0 spiro atoms. The molecule has 0 saturated carbocycles. The number of hydrogen-bond acceptors (Lipinski definition) is 3. The van der Waals surface area contributed by atoms with Gasteiger partial charge in [0.2, 0.25) is 11.8 Å². The van der Waals surface area contributed by atoms with Crippen molar-refractivity contribution in [1.82, 2.24) is 5.32 Å². The van der Waals surface area contributed by atoms with Crippen LogP contribution in [0.1, 0.15) is 23.1 Å². The highest BCUT2D eigenvalue weighted by atomic mass is 16.5. The van der Waals surface area contributed by atoms with Gasteiger partial charge in [0.15, 0.2) is 0 Å². The molecule has 27 heavy (non-hydrogen) atoms. The molecule has 2 aromatic rings. The summed E-state index contributed by atoms with van der Waals surface area (Å²) in [7, 11) is 1.64. The molecule has 1 fully saturated rings. The smallest absolute Gasteiger partial charge is 0.227 e. The molecule has 1 unspecified atom stereocenters. The second-order valence-electron chi connectivity index (χ2n) is 6.98. The third kappa shape index (κ3) is 4.13. The first-order valence-electron chi connectivity index (χ1n) is 9.27. The van der Waals surface area contributed by atoms with E-state index < -0.39 is 0 Å². The topological polar surface area (TPSA) is 58.6 Å². The van der Waals surface area contributed by atoms with Gasteiger partial charge in [-0.15, -0.1) is 0 Å². The Bertz CT molecular complexity index is 847. The summed E-state index contributed by atoms with van der Waals surface area (Å²) in [5.41, 5.74) is 4.19. The van der Waals surface area contributed by atoms with E-state index in [0.29, 0.717) is 19.5 Å². The van der Waals surface area contributed by atoms with E-state index in [1.165, 1.54) is 0 Å². The average molecular weight is 366 g/mol. The van der Waals surface area contributed by atoms with Crippen molar-refractivity contribution in [3.63, 3.8) is 0 Å². The quantitative estimate of drug-likeness (QED) is 0.855. The molecule has 2 aromatic carbocycles. The van der Waals surface area contributed by atoms with Gasteiger partial charge in [-0.25, -0.2) is 0 Å². The number of ether oxygens (including phenoxy) is 1. The zero-order valence-corrected chi connectivity index (χ0v) is 16.1. The minimum absolute atomic E-state index is 0.00794. The number of nitrogens with zero attached hydrogens (tertiary/aromatic N) is 1. The fourth-order valence-electron chi connectivity index (χ4n) is 3.52. The molecule has 1 saturated heterocycles. The van der Waals surface area contributed by atoms with E-state index in [0.717, 1.165) is 28.1 Å². The van der Waals surface area contributed by atoms with Gasteiger partial charge in [0.25, 0.3) is 0 Å². The minimum Gasteiger partial charge on any atom is -0.496 e. The molecule has 1 atom stereocenters. The number of anilines is 1. The molecule has 0 aliphatic carbocycles. The van der Waals surface area contributed by atoms with Gasteiger partial charge in [-0.1, -0.05) is 30.3 Å². The van der Waals surface area contributed by atoms with Gasteiger partial charge in [-0.3, -0.25) is 9.59 Å². The van der Waals surface area contributed by atoms with Crippen LogP contribution in [0.2, 0.25) is 0 Å². The van der Waals surface area contributed by atoms with Crippen molar-refractivity contribution in [2.45, 2.75) is 26.7 Å². The molecule has 1 heterocycles. The summed E-state index contributed by atoms with van der Waals surface area (Å²) in [6.07, 6.45) is 0.949.